The summed E-state index contributed by atoms with van der Waals surface area (Å²) >= 11 is 0. The predicted molar refractivity (Wildman–Crippen MR) is 53.6 cm³/mol. The Labute approximate surface area is 94.5 Å². The van der Waals surface area contributed by atoms with Crippen LogP contribution < -0.4 is 15.8 Å². The summed E-state index contributed by atoms with van der Waals surface area (Å²) in [5, 5.41) is 2.42. The van der Waals surface area contributed by atoms with Crippen LogP contribution in [-0.4, -0.2) is 18.7 Å². The summed E-state index contributed by atoms with van der Waals surface area (Å²) in [4.78, 5) is 11.0. The zero-order valence-electron chi connectivity index (χ0n) is 8.54. The monoisotopic (exact) mass is 246 g/mol. The van der Waals surface area contributed by atoms with E-state index in [1.807, 2.05) is 0 Å². The van der Waals surface area contributed by atoms with Crippen molar-refractivity contribution in [2.24, 2.45) is 5.73 Å². The molecule has 0 aromatic heterocycles. The van der Waals surface area contributed by atoms with E-state index in [-0.39, 0.29) is 17.9 Å². The largest absolute Gasteiger partial charge is 0.482 e. The number of hydrogen-bond acceptors (Lipinski definition) is 3. The van der Waals surface area contributed by atoms with Gasteiger partial charge in [-0.2, -0.15) is 13.2 Å². The van der Waals surface area contributed by atoms with E-state index in [2.05, 4.69) is 5.32 Å². The van der Waals surface area contributed by atoms with Gasteiger partial charge < -0.3 is 15.8 Å². The number of ether oxygens (including phenoxy) is 1. The second kappa shape index (κ2) is 3.92. The third kappa shape index (κ3) is 2.33. The van der Waals surface area contributed by atoms with E-state index in [4.69, 9.17) is 10.5 Å². The van der Waals surface area contributed by atoms with E-state index < -0.39 is 18.1 Å². The Morgan fingerprint density at radius 2 is 2.12 bits per heavy atom. The first kappa shape index (κ1) is 11.7. The van der Waals surface area contributed by atoms with Crippen molar-refractivity contribution >= 4 is 11.6 Å². The van der Waals surface area contributed by atoms with Gasteiger partial charge in [-0.05, 0) is 17.7 Å². The van der Waals surface area contributed by atoms with Gasteiger partial charge in [0.15, 0.2) is 6.61 Å². The Morgan fingerprint density at radius 3 is 2.76 bits per heavy atom. The highest BCUT2D eigenvalue weighted by Crippen LogP contribution is 2.35. The summed E-state index contributed by atoms with van der Waals surface area (Å²) in [6.45, 7) is -0.141. The smallest absolute Gasteiger partial charge is 0.407 e. The first-order valence-electron chi connectivity index (χ1n) is 4.77. The first-order valence-corrected chi connectivity index (χ1v) is 4.77. The zero-order chi connectivity index (χ0) is 12.6. The molecule has 0 unspecified atom stereocenters. The van der Waals surface area contributed by atoms with Crippen LogP contribution in [0, 0.1) is 0 Å². The highest BCUT2D eigenvalue weighted by molar-refractivity contribution is 5.95. The van der Waals surface area contributed by atoms with Crippen LogP contribution in [0.1, 0.15) is 11.6 Å². The van der Waals surface area contributed by atoms with Crippen LogP contribution in [0.2, 0.25) is 0 Å². The first-order chi connectivity index (χ1) is 7.88. The number of benzene rings is 1. The number of carbonyl (C=O) groups is 1. The van der Waals surface area contributed by atoms with Gasteiger partial charge in [-0.3, -0.25) is 4.79 Å². The van der Waals surface area contributed by atoms with Gasteiger partial charge in [0.1, 0.15) is 11.8 Å². The van der Waals surface area contributed by atoms with Crippen molar-refractivity contribution in [3.63, 3.8) is 0 Å². The molecule has 17 heavy (non-hydrogen) atoms. The molecule has 0 fully saturated rings. The van der Waals surface area contributed by atoms with Crippen LogP contribution in [-0.2, 0) is 4.79 Å². The number of alkyl halides is 3. The van der Waals surface area contributed by atoms with Crippen LogP contribution in [0.25, 0.3) is 0 Å². The second-order valence-corrected chi connectivity index (χ2v) is 3.61. The highest BCUT2D eigenvalue weighted by Gasteiger charge is 2.38. The molecule has 3 N–H and O–H groups in total. The van der Waals surface area contributed by atoms with E-state index in [0.29, 0.717) is 5.75 Å². The molecule has 0 saturated heterocycles. The molecule has 1 heterocycles. The fourth-order valence-corrected chi connectivity index (χ4v) is 1.48. The Balaban J connectivity index is 2.33. The molecule has 1 atom stereocenters. The summed E-state index contributed by atoms with van der Waals surface area (Å²) in [6, 6.07) is 1.68. The minimum absolute atomic E-state index is 0.123. The molecule has 1 aromatic rings. The number of halogens is 3. The average Bonchev–Trinajstić information content (AvgIpc) is 2.25. The summed E-state index contributed by atoms with van der Waals surface area (Å²) < 4.78 is 42.2. The maximum Gasteiger partial charge on any atom is 0.407 e. The normalized spacial score (nSPS) is 16.8. The van der Waals surface area contributed by atoms with Gasteiger partial charge >= 0.3 is 6.18 Å². The van der Waals surface area contributed by atoms with Crippen LogP contribution >= 0.6 is 0 Å². The highest BCUT2D eigenvalue weighted by atomic mass is 19.4. The van der Waals surface area contributed by atoms with Crippen LogP contribution in [0.5, 0.6) is 5.75 Å². The van der Waals surface area contributed by atoms with Gasteiger partial charge in [0, 0.05) is 0 Å². The van der Waals surface area contributed by atoms with E-state index >= 15 is 0 Å². The van der Waals surface area contributed by atoms with Crippen LogP contribution in [0.15, 0.2) is 18.2 Å². The van der Waals surface area contributed by atoms with Crippen LogP contribution in [0.3, 0.4) is 0 Å². The number of rotatable bonds is 1. The Kier molecular flexibility index (Phi) is 2.70. The fourth-order valence-electron chi connectivity index (χ4n) is 1.48. The number of fused-ring (bicyclic) bond motifs is 1. The Hall–Kier alpha value is -1.76. The topological polar surface area (TPSA) is 64.3 Å². The molecule has 2 rings (SSSR count). The van der Waals surface area contributed by atoms with Gasteiger partial charge in [0.05, 0.1) is 5.69 Å². The van der Waals surface area contributed by atoms with E-state index in [1.54, 1.807) is 0 Å². The summed E-state index contributed by atoms with van der Waals surface area (Å²) in [7, 11) is 0. The lowest BCUT2D eigenvalue weighted by Crippen LogP contribution is -2.29. The average molecular weight is 246 g/mol. The molecule has 92 valence electrons. The van der Waals surface area contributed by atoms with E-state index in [9.17, 15) is 18.0 Å². The van der Waals surface area contributed by atoms with Crippen molar-refractivity contribution < 1.29 is 22.7 Å². The zero-order valence-corrected chi connectivity index (χ0v) is 8.54. The number of nitrogens with two attached hydrogens (primary N) is 1. The number of nitrogens with one attached hydrogen (secondary N) is 1. The number of hydrogen-bond donors (Lipinski definition) is 2. The van der Waals surface area contributed by atoms with Crippen molar-refractivity contribution in [1.82, 2.24) is 0 Å². The molecule has 1 aromatic carbocycles. The lowest BCUT2D eigenvalue weighted by Gasteiger charge is -2.21. The number of anilines is 1. The van der Waals surface area contributed by atoms with Gasteiger partial charge in [-0.25, -0.2) is 0 Å². The molecule has 1 amide bonds. The van der Waals surface area contributed by atoms with Crippen molar-refractivity contribution in [3.8, 4) is 5.75 Å². The van der Waals surface area contributed by atoms with Crippen molar-refractivity contribution in [1.29, 1.82) is 0 Å². The minimum Gasteiger partial charge on any atom is -0.482 e. The van der Waals surface area contributed by atoms with Gasteiger partial charge in [-0.1, -0.05) is 6.07 Å². The standard InChI is InChI=1S/C10H9F3N2O2/c11-10(12,13)9(14)5-1-2-7-6(3-5)15-8(16)4-17-7/h1-3,9H,4,14H2,(H,15,16)/t9-/m1/s1. The van der Waals surface area contributed by atoms with Gasteiger partial charge in [0.2, 0.25) is 0 Å². The van der Waals surface area contributed by atoms with Crippen LogP contribution in [0.4, 0.5) is 18.9 Å². The lowest BCUT2D eigenvalue weighted by atomic mass is 10.1. The third-order valence-electron chi connectivity index (χ3n) is 2.35. The van der Waals surface area contributed by atoms with E-state index in [0.717, 1.165) is 0 Å². The molecule has 1 aliphatic heterocycles. The van der Waals surface area contributed by atoms with Crippen molar-refractivity contribution in [2.45, 2.75) is 12.2 Å². The SMILES string of the molecule is N[C@H](c1ccc2c(c1)NC(=O)CO2)C(F)(F)F. The number of amides is 1. The summed E-state index contributed by atoms with van der Waals surface area (Å²) in [6.07, 6.45) is -4.52. The third-order valence-corrected chi connectivity index (χ3v) is 2.35. The molecule has 1 aliphatic rings. The molecule has 7 heteroatoms. The molecular weight excluding hydrogens is 237 g/mol. The molecule has 0 radical (unpaired) electrons. The predicted octanol–water partition coefficient (Wildman–Crippen LogP) is 1.58. The summed E-state index contributed by atoms with van der Waals surface area (Å²) in [5.41, 5.74) is 5.15. The molecule has 0 bridgehead atoms. The molecule has 4 nitrogen and oxygen atoms in total. The fraction of sp³-hybridized carbons (Fsp3) is 0.300. The van der Waals surface area contributed by atoms with Crippen molar-refractivity contribution in [2.75, 3.05) is 11.9 Å². The molecule has 0 spiro atoms. The van der Waals surface area contributed by atoms with E-state index in [1.165, 1.54) is 18.2 Å². The van der Waals surface area contributed by atoms with Gasteiger partial charge in [0.25, 0.3) is 5.91 Å². The maximum absolute atomic E-state index is 12.4. The quantitative estimate of drug-likeness (QED) is 0.790. The lowest BCUT2D eigenvalue weighted by molar-refractivity contribution is -0.149. The Bertz CT molecular complexity index is 459. The second-order valence-electron chi connectivity index (χ2n) is 3.61. The maximum atomic E-state index is 12.4. The molecule has 0 saturated carbocycles. The number of carbonyl (C=O) groups excluding carboxylic acids is 1. The van der Waals surface area contributed by atoms with Gasteiger partial charge in [-0.15, -0.1) is 0 Å². The summed E-state index contributed by atoms with van der Waals surface area (Å²) in [5.74, 6) is -0.0713. The molecule has 0 aliphatic carbocycles. The molecular formula is C10H9F3N2O2. The Morgan fingerprint density at radius 1 is 1.41 bits per heavy atom. The minimum atomic E-state index is -4.52. The van der Waals surface area contributed by atoms with Crippen molar-refractivity contribution in [3.05, 3.63) is 23.8 Å².